The molecule has 0 radical (unpaired) electrons. The van der Waals surface area contributed by atoms with Gasteiger partial charge in [0.2, 0.25) is 0 Å². The van der Waals surface area contributed by atoms with E-state index in [1.165, 1.54) is 0 Å². The van der Waals surface area contributed by atoms with Crippen molar-refractivity contribution >= 4 is 0 Å². The van der Waals surface area contributed by atoms with Crippen LogP contribution in [0.2, 0.25) is 0 Å². The molecule has 0 fully saturated rings. The Balaban J connectivity index is 3.25. The topological polar surface area (TPSA) is 12.0 Å². The molecule has 0 aliphatic rings. The summed E-state index contributed by atoms with van der Waals surface area (Å²) in [7, 11) is 0. The molecule has 0 saturated heterocycles. The molecule has 0 atom stereocenters. The Hall–Kier alpha value is -0.460. The van der Waals surface area contributed by atoms with E-state index < -0.39 is 0 Å². The van der Waals surface area contributed by atoms with Gasteiger partial charge < -0.3 is 5.32 Å². The lowest BCUT2D eigenvalue weighted by molar-refractivity contribution is 0.653. The first kappa shape index (κ1) is 7.54. The fourth-order valence-electron chi connectivity index (χ4n) is 0.510. The van der Waals surface area contributed by atoms with Crippen LogP contribution in [0, 0.1) is 0 Å². The first-order valence-corrected chi connectivity index (χ1v) is 3.11. The Kier molecular flexibility index (Phi) is 3.33. The molecule has 0 heterocycles. The van der Waals surface area contributed by atoms with Crippen LogP contribution in [0.5, 0.6) is 0 Å². The largest absolute Gasteiger partial charge is 0.387 e. The van der Waals surface area contributed by atoms with Gasteiger partial charge in [-0.1, -0.05) is 13.5 Å². The summed E-state index contributed by atoms with van der Waals surface area (Å²) in [4.78, 5) is 0. The van der Waals surface area contributed by atoms with Crippen LogP contribution in [0.25, 0.3) is 0 Å². The summed E-state index contributed by atoms with van der Waals surface area (Å²) >= 11 is 0. The van der Waals surface area contributed by atoms with Crippen molar-refractivity contribution in [2.45, 2.75) is 33.2 Å². The molecular formula is C7H15N. The third-order valence-corrected chi connectivity index (χ3v) is 0.920. The third-order valence-electron chi connectivity index (χ3n) is 0.920. The highest BCUT2D eigenvalue weighted by molar-refractivity contribution is 4.90. The van der Waals surface area contributed by atoms with E-state index >= 15 is 0 Å². The maximum atomic E-state index is 3.80. The average molecular weight is 113 g/mol. The van der Waals surface area contributed by atoms with E-state index in [1.54, 1.807) is 0 Å². The number of hydrogen-bond donors (Lipinski definition) is 1. The minimum Gasteiger partial charge on any atom is -0.387 e. The van der Waals surface area contributed by atoms with Gasteiger partial charge in [-0.25, -0.2) is 0 Å². The quantitative estimate of drug-likeness (QED) is 0.589. The molecule has 0 amide bonds. The molecule has 48 valence electrons. The van der Waals surface area contributed by atoms with Crippen LogP contribution in [0.15, 0.2) is 12.3 Å². The molecule has 0 aromatic heterocycles. The highest BCUT2D eigenvalue weighted by Gasteiger charge is 1.90. The molecule has 0 aromatic carbocycles. The molecular weight excluding hydrogens is 98.1 g/mol. The van der Waals surface area contributed by atoms with Crippen LogP contribution in [0.1, 0.15) is 27.2 Å². The molecule has 0 saturated carbocycles. The fraction of sp³-hybridized carbons (Fsp3) is 0.714. The molecule has 8 heavy (non-hydrogen) atoms. The van der Waals surface area contributed by atoms with Crippen LogP contribution >= 0.6 is 0 Å². The Morgan fingerprint density at radius 2 is 2.12 bits per heavy atom. The zero-order valence-corrected chi connectivity index (χ0v) is 5.99. The summed E-state index contributed by atoms with van der Waals surface area (Å²) in [6, 6.07) is 0.530. The smallest absolute Gasteiger partial charge is 0.0201 e. The van der Waals surface area contributed by atoms with Crippen molar-refractivity contribution in [3.63, 3.8) is 0 Å². The van der Waals surface area contributed by atoms with E-state index in [-0.39, 0.29) is 0 Å². The molecule has 0 spiro atoms. The van der Waals surface area contributed by atoms with Crippen LogP contribution in [0.3, 0.4) is 0 Å². The van der Waals surface area contributed by atoms with Gasteiger partial charge in [0.15, 0.2) is 0 Å². The Morgan fingerprint density at radius 1 is 1.62 bits per heavy atom. The zero-order valence-electron chi connectivity index (χ0n) is 5.99. The van der Waals surface area contributed by atoms with Crippen LogP contribution < -0.4 is 5.32 Å². The zero-order chi connectivity index (χ0) is 6.57. The van der Waals surface area contributed by atoms with Crippen molar-refractivity contribution in [3.05, 3.63) is 12.3 Å². The van der Waals surface area contributed by atoms with Crippen molar-refractivity contribution in [3.8, 4) is 0 Å². The molecule has 0 aromatic rings. The predicted octanol–water partition coefficient (Wildman–Crippen LogP) is 1.91. The Labute approximate surface area is 51.8 Å². The third kappa shape index (κ3) is 3.72. The highest BCUT2D eigenvalue weighted by Crippen LogP contribution is 1.91. The molecule has 0 aliphatic carbocycles. The first-order valence-electron chi connectivity index (χ1n) is 3.11. The Bertz CT molecular complexity index is 74.5. The molecule has 1 nitrogen and oxygen atoms in total. The second kappa shape index (κ2) is 3.53. The van der Waals surface area contributed by atoms with Crippen molar-refractivity contribution in [1.29, 1.82) is 0 Å². The van der Waals surface area contributed by atoms with Gasteiger partial charge in [0, 0.05) is 11.7 Å². The lowest BCUT2D eigenvalue weighted by Gasteiger charge is -2.09. The predicted molar refractivity (Wildman–Crippen MR) is 37.7 cm³/mol. The summed E-state index contributed by atoms with van der Waals surface area (Å²) in [5.41, 5.74) is 1.12. The van der Waals surface area contributed by atoms with Crippen molar-refractivity contribution in [2.75, 3.05) is 0 Å². The second-order valence-electron chi connectivity index (χ2n) is 2.26. The van der Waals surface area contributed by atoms with Gasteiger partial charge in [-0.2, -0.15) is 0 Å². The normalized spacial score (nSPS) is 9.50. The number of allylic oxidation sites excluding steroid dienone is 1. The van der Waals surface area contributed by atoms with Gasteiger partial charge in [-0.3, -0.25) is 0 Å². The van der Waals surface area contributed by atoms with E-state index in [1.807, 2.05) is 0 Å². The van der Waals surface area contributed by atoms with Crippen LogP contribution in [0.4, 0.5) is 0 Å². The van der Waals surface area contributed by atoms with E-state index in [0.717, 1.165) is 12.1 Å². The summed E-state index contributed by atoms with van der Waals surface area (Å²) in [5.74, 6) is 0. The van der Waals surface area contributed by atoms with Crippen LogP contribution in [-0.4, -0.2) is 6.04 Å². The average Bonchev–Trinajstić information content (AvgIpc) is 1.65. The van der Waals surface area contributed by atoms with Gasteiger partial charge in [-0.05, 0) is 20.3 Å². The summed E-state index contributed by atoms with van der Waals surface area (Å²) in [5, 5.41) is 3.20. The summed E-state index contributed by atoms with van der Waals surface area (Å²) in [6.07, 6.45) is 1.03. The Morgan fingerprint density at radius 3 is 2.25 bits per heavy atom. The molecule has 1 N–H and O–H groups in total. The standard InChI is InChI=1S/C7H15N/c1-5-7(4)8-6(2)3/h6,8H,4-5H2,1-3H3. The van der Waals surface area contributed by atoms with Gasteiger partial charge in [0.25, 0.3) is 0 Å². The number of nitrogens with one attached hydrogen (secondary N) is 1. The highest BCUT2D eigenvalue weighted by atomic mass is 14.9. The number of hydrogen-bond acceptors (Lipinski definition) is 1. The summed E-state index contributed by atoms with van der Waals surface area (Å²) in [6.45, 7) is 10.1. The minimum absolute atomic E-state index is 0.530. The van der Waals surface area contributed by atoms with Crippen molar-refractivity contribution < 1.29 is 0 Å². The summed E-state index contributed by atoms with van der Waals surface area (Å²) < 4.78 is 0. The fourth-order valence-corrected chi connectivity index (χ4v) is 0.510. The van der Waals surface area contributed by atoms with Crippen LogP contribution in [-0.2, 0) is 0 Å². The van der Waals surface area contributed by atoms with Crippen molar-refractivity contribution in [1.82, 2.24) is 5.32 Å². The second-order valence-corrected chi connectivity index (χ2v) is 2.26. The SMILES string of the molecule is C=C(CC)NC(C)C. The lowest BCUT2D eigenvalue weighted by atomic mass is 10.3. The molecule has 1 heteroatoms. The molecule has 0 rings (SSSR count). The number of rotatable bonds is 3. The van der Waals surface area contributed by atoms with Gasteiger partial charge in [0.05, 0.1) is 0 Å². The van der Waals surface area contributed by atoms with Gasteiger partial charge >= 0.3 is 0 Å². The molecule has 0 unspecified atom stereocenters. The van der Waals surface area contributed by atoms with E-state index in [9.17, 15) is 0 Å². The lowest BCUT2D eigenvalue weighted by Crippen LogP contribution is -2.20. The maximum Gasteiger partial charge on any atom is 0.0201 e. The van der Waals surface area contributed by atoms with Crippen molar-refractivity contribution in [2.24, 2.45) is 0 Å². The van der Waals surface area contributed by atoms with Gasteiger partial charge in [0.1, 0.15) is 0 Å². The first-order chi connectivity index (χ1) is 3.66. The van der Waals surface area contributed by atoms with E-state index in [2.05, 4.69) is 32.7 Å². The van der Waals surface area contributed by atoms with Gasteiger partial charge in [-0.15, -0.1) is 0 Å². The maximum absolute atomic E-state index is 3.80. The monoisotopic (exact) mass is 113 g/mol. The molecule has 0 aliphatic heterocycles. The minimum atomic E-state index is 0.530. The van der Waals surface area contributed by atoms with E-state index in [0.29, 0.717) is 6.04 Å². The van der Waals surface area contributed by atoms with E-state index in [4.69, 9.17) is 0 Å². The molecule has 0 bridgehead atoms.